The number of hydrogen-bond donors (Lipinski definition) is 1. The Morgan fingerprint density at radius 2 is 2.09 bits per heavy atom. The summed E-state index contributed by atoms with van der Waals surface area (Å²) in [7, 11) is 0. The van der Waals surface area contributed by atoms with Gasteiger partial charge in [0.15, 0.2) is 5.13 Å². The zero-order valence-corrected chi connectivity index (χ0v) is 14.4. The van der Waals surface area contributed by atoms with Crippen LogP contribution < -0.4 is 5.32 Å². The van der Waals surface area contributed by atoms with Crippen LogP contribution in [0.3, 0.4) is 0 Å². The van der Waals surface area contributed by atoms with Crippen LogP contribution in [0.25, 0.3) is 10.2 Å². The van der Waals surface area contributed by atoms with Crippen LogP contribution in [0.2, 0.25) is 5.02 Å². The van der Waals surface area contributed by atoms with Gasteiger partial charge in [-0.25, -0.2) is 4.98 Å². The van der Waals surface area contributed by atoms with Gasteiger partial charge in [-0.15, -0.1) is 0 Å². The molecule has 0 saturated carbocycles. The number of amides is 1. The van der Waals surface area contributed by atoms with Crippen LogP contribution in [0.5, 0.6) is 0 Å². The van der Waals surface area contributed by atoms with Gasteiger partial charge in [-0.3, -0.25) is 20.2 Å². The summed E-state index contributed by atoms with van der Waals surface area (Å²) in [5.74, 6) is -0.467. The van der Waals surface area contributed by atoms with E-state index in [0.717, 1.165) is 10.2 Å². The van der Waals surface area contributed by atoms with Gasteiger partial charge in [-0.1, -0.05) is 22.9 Å². The SMILES string of the molecule is O=C(Nc1nc2ccc(Cl)cc2s1)c1ccc(Br)c([N+](=O)[O-])c1. The third-order valence-electron chi connectivity index (χ3n) is 2.98. The summed E-state index contributed by atoms with van der Waals surface area (Å²) in [6, 6.07) is 9.40. The molecule has 0 aliphatic heterocycles. The summed E-state index contributed by atoms with van der Waals surface area (Å²) in [4.78, 5) is 26.9. The Balaban J connectivity index is 1.88. The van der Waals surface area contributed by atoms with Crippen LogP contribution >= 0.6 is 38.9 Å². The van der Waals surface area contributed by atoms with Crippen LogP contribution in [0.4, 0.5) is 10.8 Å². The van der Waals surface area contributed by atoms with Crippen LogP contribution in [-0.2, 0) is 0 Å². The first-order valence-electron chi connectivity index (χ1n) is 6.25. The highest BCUT2D eigenvalue weighted by molar-refractivity contribution is 9.10. The molecular weight excluding hydrogens is 406 g/mol. The average Bonchev–Trinajstić information content (AvgIpc) is 2.88. The molecule has 0 unspecified atom stereocenters. The van der Waals surface area contributed by atoms with E-state index < -0.39 is 10.8 Å². The number of rotatable bonds is 3. The number of halogens is 2. The summed E-state index contributed by atoms with van der Waals surface area (Å²) in [6.07, 6.45) is 0. The number of nitrogens with zero attached hydrogens (tertiary/aromatic N) is 2. The number of nitro groups is 1. The zero-order valence-electron chi connectivity index (χ0n) is 11.2. The number of thiazole rings is 1. The summed E-state index contributed by atoms with van der Waals surface area (Å²) >= 11 is 10.3. The van der Waals surface area contributed by atoms with E-state index in [2.05, 4.69) is 26.2 Å². The van der Waals surface area contributed by atoms with Crippen molar-refractivity contribution in [2.75, 3.05) is 5.32 Å². The van der Waals surface area contributed by atoms with E-state index in [1.807, 2.05) is 0 Å². The molecule has 1 N–H and O–H groups in total. The number of fused-ring (bicyclic) bond motifs is 1. The van der Waals surface area contributed by atoms with E-state index in [1.54, 1.807) is 18.2 Å². The molecule has 0 saturated heterocycles. The molecule has 1 heterocycles. The predicted octanol–water partition coefficient (Wildman–Crippen LogP) is 4.87. The second-order valence-electron chi connectivity index (χ2n) is 4.51. The largest absolute Gasteiger partial charge is 0.298 e. The number of carbonyl (C=O) groups is 1. The molecule has 1 aromatic heterocycles. The van der Waals surface area contributed by atoms with Crippen molar-refractivity contribution in [3.8, 4) is 0 Å². The van der Waals surface area contributed by atoms with E-state index in [1.165, 1.54) is 29.5 Å². The van der Waals surface area contributed by atoms with Gasteiger partial charge in [0.1, 0.15) is 0 Å². The molecule has 3 rings (SSSR count). The standard InChI is InChI=1S/C14H7BrClN3O3S/c15-9-3-1-7(5-11(9)19(21)22)13(20)18-14-17-10-4-2-8(16)6-12(10)23-14/h1-6H,(H,17,18,20). The van der Waals surface area contributed by atoms with Crippen LogP contribution in [0, 0.1) is 10.1 Å². The van der Waals surface area contributed by atoms with Crippen molar-refractivity contribution in [3.63, 3.8) is 0 Å². The Morgan fingerprint density at radius 1 is 1.30 bits per heavy atom. The first-order chi connectivity index (χ1) is 10.9. The third-order valence-corrected chi connectivity index (χ3v) is 4.82. The van der Waals surface area contributed by atoms with E-state index in [-0.39, 0.29) is 11.3 Å². The van der Waals surface area contributed by atoms with Crippen LogP contribution in [0.15, 0.2) is 40.9 Å². The number of nitrogens with one attached hydrogen (secondary N) is 1. The summed E-state index contributed by atoms with van der Waals surface area (Å²) in [6.45, 7) is 0. The third kappa shape index (κ3) is 3.34. The fourth-order valence-corrected chi connectivity index (χ4v) is 3.44. The molecule has 2 aromatic carbocycles. The first kappa shape index (κ1) is 15.9. The maximum atomic E-state index is 12.2. The van der Waals surface area contributed by atoms with Gasteiger partial charge in [-0.2, -0.15) is 0 Å². The maximum absolute atomic E-state index is 12.2. The minimum Gasteiger partial charge on any atom is -0.298 e. The molecule has 9 heteroatoms. The molecule has 3 aromatic rings. The van der Waals surface area contributed by atoms with Gasteiger partial charge in [0, 0.05) is 16.7 Å². The van der Waals surface area contributed by atoms with Crippen molar-refractivity contribution < 1.29 is 9.72 Å². The highest BCUT2D eigenvalue weighted by atomic mass is 79.9. The van der Waals surface area contributed by atoms with E-state index in [0.29, 0.717) is 14.6 Å². The van der Waals surface area contributed by atoms with Crippen LogP contribution in [-0.4, -0.2) is 15.8 Å². The van der Waals surface area contributed by atoms with Crippen molar-refractivity contribution in [1.29, 1.82) is 0 Å². The fraction of sp³-hybridized carbons (Fsp3) is 0. The van der Waals surface area contributed by atoms with E-state index >= 15 is 0 Å². The molecule has 0 fully saturated rings. The average molecular weight is 413 g/mol. The molecule has 0 aliphatic rings. The Labute approximate surface area is 147 Å². The van der Waals surface area contributed by atoms with Crippen LogP contribution in [0.1, 0.15) is 10.4 Å². The number of nitro benzene ring substituents is 1. The lowest BCUT2D eigenvalue weighted by Crippen LogP contribution is -2.11. The molecule has 6 nitrogen and oxygen atoms in total. The van der Waals surface area contributed by atoms with E-state index in [4.69, 9.17) is 11.6 Å². The summed E-state index contributed by atoms with van der Waals surface area (Å²) in [5.41, 5.74) is 0.724. The topological polar surface area (TPSA) is 85.1 Å². The normalized spacial score (nSPS) is 10.7. The lowest BCUT2D eigenvalue weighted by molar-refractivity contribution is -0.385. The number of carbonyl (C=O) groups excluding carboxylic acids is 1. The molecule has 0 aliphatic carbocycles. The van der Waals surface area contributed by atoms with Crippen molar-refractivity contribution in [3.05, 3.63) is 61.6 Å². The van der Waals surface area contributed by atoms with Crippen molar-refractivity contribution in [2.24, 2.45) is 0 Å². The molecular formula is C14H7BrClN3O3S. The van der Waals surface area contributed by atoms with Gasteiger partial charge in [0.2, 0.25) is 0 Å². The monoisotopic (exact) mass is 411 g/mol. The predicted molar refractivity (Wildman–Crippen MR) is 93.4 cm³/mol. The van der Waals surface area contributed by atoms with E-state index in [9.17, 15) is 14.9 Å². The molecule has 23 heavy (non-hydrogen) atoms. The quantitative estimate of drug-likeness (QED) is 0.491. The highest BCUT2D eigenvalue weighted by Gasteiger charge is 2.17. The first-order valence-corrected chi connectivity index (χ1v) is 8.24. The van der Waals surface area contributed by atoms with Gasteiger partial charge < -0.3 is 0 Å². The minimum atomic E-state index is -0.555. The number of hydrogen-bond acceptors (Lipinski definition) is 5. The Bertz CT molecular complexity index is 944. The Hall–Kier alpha value is -2.03. The van der Waals surface area contributed by atoms with Gasteiger partial charge >= 0.3 is 0 Å². The molecule has 0 bridgehead atoms. The Morgan fingerprint density at radius 3 is 2.83 bits per heavy atom. The molecule has 0 atom stereocenters. The number of anilines is 1. The zero-order chi connectivity index (χ0) is 16.6. The molecule has 0 spiro atoms. The second-order valence-corrected chi connectivity index (χ2v) is 6.83. The molecule has 0 radical (unpaired) electrons. The van der Waals surface area contributed by atoms with Crippen molar-refractivity contribution in [2.45, 2.75) is 0 Å². The second kappa shape index (κ2) is 6.23. The lowest BCUT2D eigenvalue weighted by Gasteiger charge is -2.02. The van der Waals surface area contributed by atoms with Gasteiger partial charge in [0.25, 0.3) is 11.6 Å². The van der Waals surface area contributed by atoms with Crippen molar-refractivity contribution in [1.82, 2.24) is 4.98 Å². The minimum absolute atomic E-state index is 0.172. The summed E-state index contributed by atoms with van der Waals surface area (Å²) in [5, 5.41) is 14.6. The number of aromatic nitrogens is 1. The molecule has 1 amide bonds. The fourth-order valence-electron chi connectivity index (χ4n) is 1.92. The lowest BCUT2D eigenvalue weighted by atomic mass is 10.2. The number of benzene rings is 2. The van der Waals surface area contributed by atoms with Crippen molar-refractivity contribution >= 4 is 65.8 Å². The van der Waals surface area contributed by atoms with Gasteiger partial charge in [-0.05, 0) is 46.3 Å². The Kier molecular flexibility index (Phi) is 4.29. The van der Waals surface area contributed by atoms with Gasteiger partial charge in [0.05, 0.1) is 19.6 Å². The smallest absolute Gasteiger partial charge is 0.284 e. The highest BCUT2D eigenvalue weighted by Crippen LogP contribution is 2.29. The molecule has 116 valence electrons. The summed E-state index contributed by atoms with van der Waals surface area (Å²) < 4.78 is 1.16. The maximum Gasteiger partial charge on any atom is 0.284 e.